The molecule has 0 aliphatic carbocycles. The van der Waals surface area contributed by atoms with Crippen LogP contribution in [0.3, 0.4) is 0 Å². The summed E-state index contributed by atoms with van der Waals surface area (Å²) in [6, 6.07) is 6.21. The van der Waals surface area contributed by atoms with E-state index in [0.717, 1.165) is 28.5 Å². The molecule has 0 spiro atoms. The zero-order valence-corrected chi connectivity index (χ0v) is 15.2. The summed E-state index contributed by atoms with van der Waals surface area (Å²) in [5.41, 5.74) is 7.26. The van der Waals surface area contributed by atoms with Crippen molar-refractivity contribution in [2.24, 2.45) is 11.7 Å². The second-order valence-corrected chi connectivity index (χ2v) is 7.45. The number of nitrogens with zero attached hydrogens (tertiary/aromatic N) is 2. The molecule has 0 radical (unpaired) electrons. The number of hydrogen-bond donors (Lipinski definition) is 1. The van der Waals surface area contributed by atoms with E-state index in [-0.39, 0.29) is 6.04 Å². The Kier molecular flexibility index (Phi) is 6.51. The maximum Gasteiger partial charge on any atom is 0.0482 e. The fourth-order valence-corrected chi connectivity index (χ4v) is 3.90. The van der Waals surface area contributed by atoms with Crippen molar-refractivity contribution in [1.82, 2.24) is 9.80 Å². The Bertz CT molecular complexity index is 459. The maximum absolute atomic E-state index is 6.15. The van der Waals surface area contributed by atoms with Crippen LogP contribution in [0.4, 0.5) is 0 Å². The smallest absolute Gasteiger partial charge is 0.0482 e. The molecule has 1 heterocycles. The number of nitrogens with two attached hydrogens (primary N) is 1. The van der Waals surface area contributed by atoms with E-state index in [1.807, 2.05) is 18.2 Å². The summed E-state index contributed by atoms with van der Waals surface area (Å²) in [5, 5.41) is 0.772. The molecule has 0 amide bonds. The fourth-order valence-electron chi connectivity index (χ4n) is 3.21. The summed E-state index contributed by atoms with van der Waals surface area (Å²) in [4.78, 5) is 4.79. The molecule has 1 aliphatic heterocycles. The average molecular weight is 375 g/mol. The molecule has 118 valence electrons. The van der Waals surface area contributed by atoms with Gasteiger partial charge in [-0.15, -0.1) is 0 Å². The third-order valence-electron chi connectivity index (χ3n) is 4.25. The molecule has 1 saturated heterocycles. The third-order valence-corrected chi connectivity index (χ3v) is 5.21. The molecule has 1 atom stereocenters. The highest BCUT2D eigenvalue weighted by atomic mass is 79.9. The Hall–Kier alpha value is -0.130. The molecule has 1 aromatic rings. The molecule has 0 saturated carbocycles. The largest absolute Gasteiger partial charge is 0.329 e. The van der Waals surface area contributed by atoms with Crippen LogP contribution >= 0.6 is 27.5 Å². The van der Waals surface area contributed by atoms with Gasteiger partial charge in [0.05, 0.1) is 0 Å². The Morgan fingerprint density at radius 1 is 1.38 bits per heavy atom. The van der Waals surface area contributed by atoms with E-state index in [0.29, 0.717) is 6.54 Å². The lowest BCUT2D eigenvalue weighted by Gasteiger charge is -2.38. The van der Waals surface area contributed by atoms with Crippen molar-refractivity contribution in [2.75, 3.05) is 40.3 Å². The van der Waals surface area contributed by atoms with Crippen LogP contribution < -0.4 is 5.73 Å². The van der Waals surface area contributed by atoms with Gasteiger partial charge < -0.3 is 10.6 Å². The molecule has 1 fully saturated rings. The van der Waals surface area contributed by atoms with Crippen LogP contribution in [0.1, 0.15) is 24.4 Å². The Balaban J connectivity index is 2.04. The van der Waals surface area contributed by atoms with Gasteiger partial charge in [-0.25, -0.2) is 0 Å². The van der Waals surface area contributed by atoms with Crippen molar-refractivity contribution in [1.29, 1.82) is 0 Å². The number of likely N-dealkylation sites (tertiary alicyclic amines) is 1. The number of benzene rings is 1. The molecule has 1 unspecified atom stereocenters. The van der Waals surface area contributed by atoms with Gasteiger partial charge in [0.2, 0.25) is 0 Å². The molecule has 21 heavy (non-hydrogen) atoms. The fraction of sp³-hybridized carbons (Fsp3) is 0.625. The van der Waals surface area contributed by atoms with Crippen LogP contribution in [0, 0.1) is 5.92 Å². The molecular formula is C16H25BrClN3. The Morgan fingerprint density at radius 2 is 2.05 bits per heavy atom. The van der Waals surface area contributed by atoms with E-state index < -0.39 is 0 Å². The summed E-state index contributed by atoms with van der Waals surface area (Å²) < 4.78 is 1.10. The van der Waals surface area contributed by atoms with E-state index in [4.69, 9.17) is 17.3 Å². The standard InChI is InChI=1S/C16H25BrClN3/c1-20(2)11-12-5-7-21(8-6-12)16(10-19)14-9-13(18)3-4-15(14)17/h3-4,9,12,16H,5-8,10-11,19H2,1-2H3. The first-order chi connectivity index (χ1) is 10.0. The molecule has 1 aromatic carbocycles. The normalized spacial score (nSPS) is 19.1. The molecule has 0 bridgehead atoms. The highest BCUT2D eigenvalue weighted by Gasteiger charge is 2.26. The SMILES string of the molecule is CN(C)CC1CCN(C(CN)c2cc(Cl)ccc2Br)CC1. The van der Waals surface area contributed by atoms with E-state index in [1.54, 1.807) is 0 Å². The number of hydrogen-bond acceptors (Lipinski definition) is 3. The lowest BCUT2D eigenvalue weighted by atomic mass is 9.94. The van der Waals surface area contributed by atoms with Gasteiger partial charge in [-0.1, -0.05) is 27.5 Å². The number of rotatable bonds is 5. The molecule has 0 aromatic heterocycles. The van der Waals surface area contributed by atoms with Gasteiger partial charge in [-0.3, -0.25) is 4.90 Å². The summed E-state index contributed by atoms with van der Waals surface area (Å²) in [5.74, 6) is 0.803. The predicted molar refractivity (Wildman–Crippen MR) is 93.8 cm³/mol. The van der Waals surface area contributed by atoms with Crippen molar-refractivity contribution in [3.05, 3.63) is 33.3 Å². The van der Waals surface area contributed by atoms with Crippen LogP contribution in [0.5, 0.6) is 0 Å². The van der Waals surface area contributed by atoms with Crippen LogP contribution in [-0.4, -0.2) is 50.1 Å². The Labute approximate surface area is 141 Å². The minimum Gasteiger partial charge on any atom is -0.329 e. The summed E-state index contributed by atoms with van der Waals surface area (Å²) in [6.07, 6.45) is 2.49. The quantitative estimate of drug-likeness (QED) is 0.857. The van der Waals surface area contributed by atoms with E-state index in [9.17, 15) is 0 Å². The minimum atomic E-state index is 0.249. The number of halogens is 2. The number of piperidine rings is 1. The summed E-state index contributed by atoms with van der Waals surface area (Å²) >= 11 is 9.79. The van der Waals surface area contributed by atoms with Gasteiger partial charge >= 0.3 is 0 Å². The van der Waals surface area contributed by atoms with Gasteiger partial charge in [0, 0.05) is 28.6 Å². The monoisotopic (exact) mass is 373 g/mol. The van der Waals surface area contributed by atoms with E-state index in [1.165, 1.54) is 24.9 Å². The van der Waals surface area contributed by atoms with Crippen molar-refractivity contribution in [2.45, 2.75) is 18.9 Å². The second-order valence-electron chi connectivity index (χ2n) is 6.16. The van der Waals surface area contributed by atoms with Gasteiger partial charge in [-0.2, -0.15) is 0 Å². The lowest BCUT2D eigenvalue weighted by Crippen LogP contribution is -2.41. The summed E-state index contributed by atoms with van der Waals surface area (Å²) in [7, 11) is 4.30. The summed E-state index contributed by atoms with van der Waals surface area (Å²) in [6.45, 7) is 4.03. The lowest BCUT2D eigenvalue weighted by molar-refractivity contribution is 0.122. The highest BCUT2D eigenvalue weighted by molar-refractivity contribution is 9.10. The van der Waals surface area contributed by atoms with E-state index in [2.05, 4.69) is 39.8 Å². The van der Waals surface area contributed by atoms with Gasteiger partial charge in [0.1, 0.15) is 0 Å². The first kappa shape index (κ1) is 17.2. The molecular weight excluding hydrogens is 350 g/mol. The van der Waals surface area contributed by atoms with Crippen LogP contribution in [0.15, 0.2) is 22.7 Å². The van der Waals surface area contributed by atoms with E-state index >= 15 is 0 Å². The van der Waals surface area contributed by atoms with Crippen molar-refractivity contribution >= 4 is 27.5 Å². The highest BCUT2D eigenvalue weighted by Crippen LogP contribution is 2.32. The van der Waals surface area contributed by atoms with Gasteiger partial charge in [0.15, 0.2) is 0 Å². The minimum absolute atomic E-state index is 0.249. The zero-order chi connectivity index (χ0) is 15.4. The van der Waals surface area contributed by atoms with Crippen molar-refractivity contribution in [3.8, 4) is 0 Å². The van der Waals surface area contributed by atoms with Gasteiger partial charge in [0.25, 0.3) is 0 Å². The molecule has 5 heteroatoms. The zero-order valence-electron chi connectivity index (χ0n) is 12.9. The Morgan fingerprint density at radius 3 is 2.62 bits per heavy atom. The third kappa shape index (κ3) is 4.67. The first-order valence-corrected chi connectivity index (χ1v) is 8.72. The molecule has 2 rings (SSSR count). The first-order valence-electron chi connectivity index (χ1n) is 7.55. The average Bonchev–Trinajstić information content (AvgIpc) is 2.44. The van der Waals surface area contributed by atoms with Crippen LogP contribution in [0.2, 0.25) is 5.02 Å². The topological polar surface area (TPSA) is 32.5 Å². The second kappa shape index (κ2) is 7.93. The maximum atomic E-state index is 6.15. The van der Waals surface area contributed by atoms with Crippen LogP contribution in [0.25, 0.3) is 0 Å². The predicted octanol–water partition coefficient (Wildman–Crippen LogP) is 3.38. The van der Waals surface area contributed by atoms with Crippen LogP contribution in [-0.2, 0) is 0 Å². The van der Waals surface area contributed by atoms with Gasteiger partial charge in [-0.05, 0) is 69.7 Å². The molecule has 1 aliphatic rings. The van der Waals surface area contributed by atoms with Crippen molar-refractivity contribution in [3.63, 3.8) is 0 Å². The molecule has 3 nitrogen and oxygen atoms in total. The molecule has 2 N–H and O–H groups in total. The van der Waals surface area contributed by atoms with Crippen molar-refractivity contribution < 1.29 is 0 Å².